The number of nitrogens with zero attached hydrogens (tertiary/aromatic N) is 1. The molecule has 0 radical (unpaired) electrons. The molecule has 2 N–H and O–H groups in total. The van der Waals surface area contributed by atoms with E-state index in [4.69, 9.17) is 5.73 Å². The SMILES string of the molecule is C[C@H](C(N)=O)N1CCC[C@@H](C(F)(F)F)C1. The number of carbonyl (C=O) groups is 1. The van der Waals surface area contributed by atoms with Gasteiger partial charge in [-0.2, -0.15) is 13.2 Å². The monoisotopic (exact) mass is 224 g/mol. The molecule has 1 fully saturated rings. The summed E-state index contributed by atoms with van der Waals surface area (Å²) < 4.78 is 37.3. The number of carbonyl (C=O) groups excluding carboxylic acids is 1. The quantitative estimate of drug-likeness (QED) is 0.764. The second-order valence-corrected chi connectivity index (χ2v) is 3.95. The predicted molar refractivity (Wildman–Crippen MR) is 49.0 cm³/mol. The fourth-order valence-corrected chi connectivity index (χ4v) is 1.81. The first kappa shape index (κ1) is 12.3. The zero-order valence-electron chi connectivity index (χ0n) is 8.55. The lowest BCUT2D eigenvalue weighted by molar-refractivity contribution is -0.188. The van der Waals surface area contributed by atoms with Gasteiger partial charge in [-0.15, -0.1) is 0 Å². The van der Waals surface area contributed by atoms with Crippen molar-refractivity contribution in [2.75, 3.05) is 13.1 Å². The summed E-state index contributed by atoms with van der Waals surface area (Å²) in [5.74, 6) is -1.90. The minimum atomic E-state index is -4.17. The number of rotatable bonds is 2. The van der Waals surface area contributed by atoms with Gasteiger partial charge in [0.05, 0.1) is 12.0 Å². The van der Waals surface area contributed by atoms with Crippen LogP contribution in [-0.4, -0.2) is 36.1 Å². The summed E-state index contributed by atoms with van der Waals surface area (Å²) in [6, 6.07) is -0.616. The summed E-state index contributed by atoms with van der Waals surface area (Å²) in [5, 5.41) is 0. The number of likely N-dealkylation sites (tertiary alicyclic amines) is 1. The van der Waals surface area contributed by atoms with E-state index < -0.39 is 24.0 Å². The first-order valence-corrected chi connectivity index (χ1v) is 4.92. The van der Waals surface area contributed by atoms with Crippen molar-refractivity contribution in [3.05, 3.63) is 0 Å². The van der Waals surface area contributed by atoms with Crippen molar-refractivity contribution >= 4 is 5.91 Å². The normalized spacial score (nSPS) is 26.3. The third-order valence-electron chi connectivity index (χ3n) is 2.88. The fourth-order valence-electron chi connectivity index (χ4n) is 1.81. The lowest BCUT2D eigenvalue weighted by atomic mass is 9.96. The zero-order chi connectivity index (χ0) is 11.6. The molecule has 15 heavy (non-hydrogen) atoms. The average Bonchev–Trinajstić information content (AvgIpc) is 2.15. The molecule has 88 valence electrons. The number of amides is 1. The standard InChI is InChI=1S/C9H15F3N2O/c1-6(8(13)15)14-4-2-3-7(5-14)9(10,11)12/h6-7H,2-5H2,1H3,(H2,13,15)/t6-,7-/m1/s1. The van der Waals surface area contributed by atoms with Gasteiger partial charge in [0.25, 0.3) is 0 Å². The predicted octanol–water partition coefficient (Wildman–Crippen LogP) is 1.13. The third kappa shape index (κ3) is 3.09. The van der Waals surface area contributed by atoms with Crippen molar-refractivity contribution in [1.29, 1.82) is 0 Å². The van der Waals surface area contributed by atoms with Gasteiger partial charge in [-0.25, -0.2) is 0 Å². The Morgan fingerprint density at radius 2 is 2.13 bits per heavy atom. The highest BCUT2D eigenvalue weighted by molar-refractivity contribution is 5.79. The van der Waals surface area contributed by atoms with Crippen molar-refractivity contribution in [2.45, 2.75) is 32.0 Å². The Labute approximate surface area is 86.4 Å². The topological polar surface area (TPSA) is 46.3 Å². The van der Waals surface area contributed by atoms with Gasteiger partial charge in [-0.1, -0.05) is 0 Å². The minimum Gasteiger partial charge on any atom is -0.368 e. The molecule has 1 heterocycles. The maximum absolute atomic E-state index is 12.4. The van der Waals surface area contributed by atoms with E-state index in [0.717, 1.165) is 0 Å². The van der Waals surface area contributed by atoms with Gasteiger partial charge < -0.3 is 5.73 Å². The Morgan fingerprint density at radius 3 is 2.60 bits per heavy atom. The number of nitrogens with two attached hydrogens (primary N) is 1. The maximum Gasteiger partial charge on any atom is 0.393 e. The van der Waals surface area contributed by atoms with Gasteiger partial charge in [0.2, 0.25) is 5.91 Å². The van der Waals surface area contributed by atoms with Crippen LogP contribution in [0.25, 0.3) is 0 Å². The van der Waals surface area contributed by atoms with Crippen molar-refractivity contribution < 1.29 is 18.0 Å². The van der Waals surface area contributed by atoms with Gasteiger partial charge in [0.1, 0.15) is 0 Å². The van der Waals surface area contributed by atoms with Crippen LogP contribution in [0.5, 0.6) is 0 Å². The van der Waals surface area contributed by atoms with E-state index in [9.17, 15) is 18.0 Å². The molecular formula is C9H15F3N2O. The Kier molecular flexibility index (Phi) is 3.59. The van der Waals surface area contributed by atoms with E-state index in [0.29, 0.717) is 13.0 Å². The highest BCUT2D eigenvalue weighted by Gasteiger charge is 2.42. The molecule has 1 rings (SSSR count). The van der Waals surface area contributed by atoms with Crippen molar-refractivity contribution in [3.63, 3.8) is 0 Å². The molecular weight excluding hydrogens is 209 g/mol. The summed E-state index contributed by atoms with van der Waals surface area (Å²) in [6.07, 6.45) is -3.57. The molecule has 1 aliphatic heterocycles. The van der Waals surface area contributed by atoms with Crippen molar-refractivity contribution in [2.24, 2.45) is 11.7 Å². The highest BCUT2D eigenvalue weighted by atomic mass is 19.4. The molecule has 1 aliphatic rings. The molecule has 3 nitrogen and oxygen atoms in total. The van der Waals surface area contributed by atoms with Crippen LogP contribution in [0.4, 0.5) is 13.2 Å². The average molecular weight is 224 g/mol. The molecule has 1 amide bonds. The number of hydrogen-bond acceptors (Lipinski definition) is 2. The Morgan fingerprint density at radius 1 is 1.53 bits per heavy atom. The maximum atomic E-state index is 12.4. The summed E-state index contributed by atoms with van der Waals surface area (Å²) in [6.45, 7) is 1.94. The molecule has 0 unspecified atom stereocenters. The molecule has 0 bridgehead atoms. The number of halogens is 3. The van der Waals surface area contributed by atoms with Crippen molar-refractivity contribution in [1.82, 2.24) is 4.90 Å². The van der Waals surface area contributed by atoms with E-state index in [1.807, 2.05) is 0 Å². The van der Waals surface area contributed by atoms with Crippen LogP contribution in [0.1, 0.15) is 19.8 Å². The summed E-state index contributed by atoms with van der Waals surface area (Å²) in [4.78, 5) is 12.4. The molecule has 0 saturated carbocycles. The summed E-state index contributed by atoms with van der Waals surface area (Å²) in [5.41, 5.74) is 5.06. The van der Waals surface area contributed by atoms with E-state index in [1.165, 1.54) is 4.90 Å². The van der Waals surface area contributed by atoms with E-state index >= 15 is 0 Å². The molecule has 0 aromatic carbocycles. The molecule has 0 aliphatic carbocycles. The van der Waals surface area contributed by atoms with E-state index in [2.05, 4.69) is 0 Å². The first-order valence-electron chi connectivity index (χ1n) is 4.92. The van der Waals surface area contributed by atoms with Crippen LogP contribution >= 0.6 is 0 Å². The molecule has 0 aromatic rings. The van der Waals surface area contributed by atoms with Crippen LogP contribution in [-0.2, 0) is 4.79 Å². The largest absolute Gasteiger partial charge is 0.393 e. The lowest BCUT2D eigenvalue weighted by Crippen LogP contribution is -2.50. The lowest BCUT2D eigenvalue weighted by Gasteiger charge is -2.36. The Balaban J connectivity index is 2.60. The zero-order valence-corrected chi connectivity index (χ0v) is 8.55. The Hall–Kier alpha value is -0.780. The van der Waals surface area contributed by atoms with Gasteiger partial charge in [-0.05, 0) is 26.3 Å². The first-order chi connectivity index (χ1) is 6.82. The third-order valence-corrected chi connectivity index (χ3v) is 2.88. The van der Waals surface area contributed by atoms with E-state index in [1.54, 1.807) is 6.92 Å². The number of hydrogen-bond donors (Lipinski definition) is 1. The molecule has 1 saturated heterocycles. The summed E-state index contributed by atoms with van der Waals surface area (Å²) in [7, 11) is 0. The molecule has 0 aromatic heterocycles. The van der Waals surface area contributed by atoms with Crippen molar-refractivity contribution in [3.8, 4) is 0 Å². The van der Waals surface area contributed by atoms with E-state index in [-0.39, 0.29) is 13.0 Å². The fraction of sp³-hybridized carbons (Fsp3) is 0.889. The second kappa shape index (κ2) is 4.38. The van der Waals surface area contributed by atoms with Gasteiger partial charge in [-0.3, -0.25) is 9.69 Å². The Bertz CT molecular complexity index is 242. The van der Waals surface area contributed by atoms with Crippen LogP contribution in [0.2, 0.25) is 0 Å². The number of piperidine rings is 1. The van der Waals surface area contributed by atoms with Crippen LogP contribution in [0.3, 0.4) is 0 Å². The van der Waals surface area contributed by atoms with Gasteiger partial charge in [0, 0.05) is 6.54 Å². The minimum absolute atomic E-state index is 0.117. The second-order valence-electron chi connectivity index (χ2n) is 3.95. The van der Waals surface area contributed by atoms with Crippen LogP contribution in [0.15, 0.2) is 0 Å². The molecule has 0 spiro atoms. The van der Waals surface area contributed by atoms with Crippen LogP contribution in [0, 0.1) is 5.92 Å². The van der Waals surface area contributed by atoms with Gasteiger partial charge >= 0.3 is 6.18 Å². The molecule has 6 heteroatoms. The smallest absolute Gasteiger partial charge is 0.368 e. The number of alkyl halides is 3. The molecule has 2 atom stereocenters. The van der Waals surface area contributed by atoms with Crippen LogP contribution < -0.4 is 5.73 Å². The highest BCUT2D eigenvalue weighted by Crippen LogP contribution is 2.33. The number of primary amides is 1. The van der Waals surface area contributed by atoms with Gasteiger partial charge in [0.15, 0.2) is 0 Å². The summed E-state index contributed by atoms with van der Waals surface area (Å²) >= 11 is 0.